The van der Waals surface area contributed by atoms with E-state index in [0.717, 1.165) is 50.6 Å². The molecule has 0 fully saturated rings. The van der Waals surface area contributed by atoms with Gasteiger partial charge < -0.3 is 19.9 Å². The number of rotatable bonds is 33. The predicted molar refractivity (Wildman–Crippen MR) is 363 cm³/mol. The summed E-state index contributed by atoms with van der Waals surface area (Å²) in [4.78, 5) is 16.1. The Balaban J connectivity index is 0.949. The molecule has 4 aromatic heterocycles. The van der Waals surface area contributed by atoms with Crippen molar-refractivity contribution in [2.45, 2.75) is 238 Å². The lowest BCUT2D eigenvalue weighted by molar-refractivity contribution is 0.396. The Hall–Kier alpha value is -6.52. The zero-order valence-electron chi connectivity index (χ0n) is 52.8. The highest BCUT2D eigenvalue weighted by atomic mass is 14.8. The number of hydrogen-bond donors (Lipinski definition) is 4. The Morgan fingerprint density at radius 2 is 0.659 bits per heavy atom. The third-order valence-corrected chi connectivity index (χ3v) is 20.2. The van der Waals surface area contributed by atoms with E-state index in [-0.39, 0.29) is 10.8 Å². The second-order valence-electron chi connectivity index (χ2n) is 26.4. The molecule has 1 aliphatic heterocycles. The van der Waals surface area contributed by atoms with E-state index >= 15 is 0 Å². The van der Waals surface area contributed by atoms with E-state index in [1.54, 1.807) is 11.1 Å². The molecule has 85 heavy (non-hydrogen) atoms. The number of benzene rings is 4. The predicted octanol–water partition coefficient (Wildman–Crippen LogP) is 20.2. The number of fused-ring (bicyclic) bond motifs is 14. The summed E-state index contributed by atoms with van der Waals surface area (Å²) in [6, 6.07) is 51.5. The van der Waals surface area contributed by atoms with E-state index in [0.29, 0.717) is 0 Å². The van der Waals surface area contributed by atoms with E-state index < -0.39 is 0 Å². The maximum atomic E-state index is 4.04. The fourth-order valence-corrected chi connectivity index (χ4v) is 15.8. The smallest absolute Gasteiger partial charge is 0.0485 e. The van der Waals surface area contributed by atoms with Gasteiger partial charge in [0.05, 0.1) is 0 Å². The van der Waals surface area contributed by atoms with Crippen molar-refractivity contribution in [2.24, 2.45) is 0 Å². The quantitative estimate of drug-likeness (QED) is 0.0296. The van der Waals surface area contributed by atoms with Crippen molar-refractivity contribution in [2.75, 3.05) is 0 Å². The summed E-state index contributed by atoms with van der Waals surface area (Å²) in [5.41, 5.74) is 21.0. The van der Waals surface area contributed by atoms with Crippen LogP contribution in [0.25, 0.3) is 45.6 Å². The van der Waals surface area contributed by atoms with Crippen molar-refractivity contribution in [3.05, 3.63) is 211 Å². The monoisotopic (exact) mass is 1130 g/mol. The molecule has 0 saturated carbocycles. The number of nitrogens with one attached hydrogen (secondary N) is 4. The van der Waals surface area contributed by atoms with E-state index in [4.69, 9.17) is 0 Å². The number of aromatic amines is 4. The van der Waals surface area contributed by atoms with Gasteiger partial charge in [0.15, 0.2) is 0 Å². The summed E-state index contributed by atoms with van der Waals surface area (Å²) in [7, 11) is 0. The molecule has 2 aliphatic carbocycles. The lowest BCUT2D eigenvalue weighted by Crippen LogP contribution is -2.28. The Bertz CT molecular complexity index is 3700. The van der Waals surface area contributed by atoms with Gasteiger partial charge in [-0.15, -0.1) is 0 Å². The highest BCUT2D eigenvalue weighted by Crippen LogP contribution is 2.57. The summed E-state index contributed by atoms with van der Waals surface area (Å²) < 4.78 is 0. The first kappa shape index (κ1) is 60.2. The van der Waals surface area contributed by atoms with Gasteiger partial charge in [-0.25, -0.2) is 0 Å². The molecule has 0 saturated heterocycles. The number of H-pyrrole nitrogens is 4. The van der Waals surface area contributed by atoms with Crippen LogP contribution in [-0.2, 0) is 10.8 Å². The van der Waals surface area contributed by atoms with Gasteiger partial charge >= 0.3 is 0 Å². The van der Waals surface area contributed by atoms with Gasteiger partial charge in [-0.2, -0.15) is 0 Å². The van der Waals surface area contributed by atoms with Gasteiger partial charge in [-0.1, -0.05) is 292 Å². The zero-order chi connectivity index (χ0) is 58.3. The normalized spacial score (nSPS) is 16.5. The van der Waals surface area contributed by atoms with Crippen LogP contribution in [0.15, 0.2) is 133 Å². The molecular formula is C81H102N4. The summed E-state index contributed by atoms with van der Waals surface area (Å²) in [6.45, 7) is 9.49. The van der Waals surface area contributed by atoms with Crippen LogP contribution in [0, 0.1) is 0 Å². The SMILES string of the molecule is CCCCCCCCCCCCCCCCC1(CCCCCCCCCC)c2ccccc2-c2cccc(C3=c4ccc([nH]4)=Cc4ccc([nH]4)C(c4cccc5c4C(C)(CCCCCCCC)c4ccccc4-5)=c4ccc([nH]4)=Cc4ccc3[nH]4)c21. The van der Waals surface area contributed by atoms with E-state index in [1.807, 2.05) is 0 Å². The second-order valence-corrected chi connectivity index (χ2v) is 26.4. The maximum absolute atomic E-state index is 4.04. The van der Waals surface area contributed by atoms with Crippen LogP contribution in [0.5, 0.6) is 0 Å². The second kappa shape index (κ2) is 29.2. The standard InChI is InChI=1S/C81H102N4/c1-5-8-11-14-17-19-20-21-22-23-24-26-29-36-57-81(56-35-28-25-18-15-12-9-6-2)71-46-33-31-40-65(71)67-42-38-44-69(79(67)81)77-74-53-49-62(84-74)58-60-47-51-72(82-60)76(73-52-48-61(83-73)59-63-50-54-75(77)85-63)68-43-37-41-66-64-39-30-32-45-70(64)80(4,78(66)68)55-34-27-16-13-10-7-3/h30-33,37-54,58-59,82-85H,5-29,34-36,55-57H2,1-4H3. The molecule has 446 valence electrons. The van der Waals surface area contributed by atoms with E-state index in [2.05, 4.69) is 193 Å². The third kappa shape index (κ3) is 13.6. The molecule has 3 aliphatic rings. The van der Waals surface area contributed by atoms with Crippen LogP contribution < -0.4 is 21.4 Å². The van der Waals surface area contributed by atoms with Crippen LogP contribution in [0.1, 0.15) is 283 Å². The first-order valence-corrected chi connectivity index (χ1v) is 34.6. The molecule has 4 aromatic carbocycles. The number of unbranched alkanes of at least 4 members (excludes halogenated alkanes) is 25. The van der Waals surface area contributed by atoms with Crippen LogP contribution in [0.2, 0.25) is 0 Å². The first-order chi connectivity index (χ1) is 41.9. The fourth-order valence-electron chi connectivity index (χ4n) is 15.8. The lowest BCUT2D eigenvalue weighted by atomic mass is 9.68. The Labute approximate surface area is 511 Å². The van der Waals surface area contributed by atoms with Crippen LogP contribution in [0.4, 0.5) is 0 Å². The molecular weight excluding hydrogens is 1030 g/mol. The molecule has 2 unspecified atom stereocenters. The Morgan fingerprint density at radius 1 is 0.294 bits per heavy atom. The molecule has 8 aromatic rings. The van der Waals surface area contributed by atoms with Crippen molar-refractivity contribution in [1.82, 2.24) is 19.9 Å². The Kier molecular flexibility index (Phi) is 20.7. The minimum Gasteiger partial charge on any atom is -0.355 e. The maximum Gasteiger partial charge on any atom is 0.0485 e. The molecule has 0 amide bonds. The number of aromatic nitrogens is 4. The van der Waals surface area contributed by atoms with Crippen molar-refractivity contribution >= 4 is 23.3 Å². The topological polar surface area (TPSA) is 63.2 Å². The zero-order valence-corrected chi connectivity index (χ0v) is 52.8. The lowest BCUT2D eigenvalue weighted by Gasteiger charge is -2.35. The molecule has 4 N–H and O–H groups in total. The van der Waals surface area contributed by atoms with Gasteiger partial charge in [-0.3, -0.25) is 0 Å². The third-order valence-electron chi connectivity index (χ3n) is 20.2. The molecule has 0 radical (unpaired) electrons. The molecule has 5 heterocycles. The van der Waals surface area contributed by atoms with Gasteiger partial charge in [0, 0.05) is 66.1 Å². The average molecular weight is 1130 g/mol. The molecule has 4 heteroatoms. The molecule has 2 atom stereocenters. The van der Waals surface area contributed by atoms with Gasteiger partial charge in [0.25, 0.3) is 0 Å². The van der Waals surface area contributed by atoms with Crippen molar-refractivity contribution in [3.8, 4) is 22.3 Å². The minimum absolute atomic E-state index is 0.0734. The van der Waals surface area contributed by atoms with E-state index in [9.17, 15) is 0 Å². The van der Waals surface area contributed by atoms with Crippen LogP contribution in [0.3, 0.4) is 0 Å². The van der Waals surface area contributed by atoms with Crippen LogP contribution >= 0.6 is 0 Å². The molecule has 8 bridgehead atoms. The summed E-state index contributed by atoms with van der Waals surface area (Å²) in [6.07, 6.45) is 45.9. The molecule has 0 spiro atoms. The van der Waals surface area contributed by atoms with Gasteiger partial charge in [-0.05, 0) is 136 Å². The first-order valence-electron chi connectivity index (χ1n) is 34.6. The highest BCUT2D eigenvalue weighted by Gasteiger charge is 2.45. The van der Waals surface area contributed by atoms with E-state index in [1.165, 1.54) is 248 Å². The van der Waals surface area contributed by atoms with Gasteiger partial charge in [0.2, 0.25) is 0 Å². The van der Waals surface area contributed by atoms with Gasteiger partial charge in [0.1, 0.15) is 0 Å². The highest BCUT2D eigenvalue weighted by molar-refractivity contribution is 5.92. The van der Waals surface area contributed by atoms with Crippen molar-refractivity contribution in [1.29, 1.82) is 0 Å². The summed E-state index contributed by atoms with van der Waals surface area (Å²) >= 11 is 0. The molecule has 4 nitrogen and oxygen atoms in total. The molecule has 11 rings (SSSR count). The van der Waals surface area contributed by atoms with Crippen LogP contribution in [-0.4, -0.2) is 19.9 Å². The van der Waals surface area contributed by atoms with Crippen molar-refractivity contribution in [3.63, 3.8) is 0 Å². The fraction of sp³-hybridized carbons (Fsp3) is 0.457. The largest absolute Gasteiger partial charge is 0.355 e. The minimum atomic E-state index is -0.116. The summed E-state index contributed by atoms with van der Waals surface area (Å²) in [5, 5.41) is 4.42. The number of hydrogen-bond acceptors (Lipinski definition) is 0. The van der Waals surface area contributed by atoms with Crippen molar-refractivity contribution < 1.29 is 0 Å². The Morgan fingerprint density at radius 3 is 1.13 bits per heavy atom. The summed E-state index contributed by atoms with van der Waals surface area (Å²) in [5.74, 6) is 0. The average Bonchev–Trinajstić information content (AvgIpc) is 2.03.